The molecular weight excluding hydrogens is 452 g/mol. The van der Waals surface area contributed by atoms with E-state index in [0.29, 0.717) is 28.0 Å². The molecule has 2 aromatic heterocycles. The van der Waals surface area contributed by atoms with Crippen molar-refractivity contribution in [3.63, 3.8) is 0 Å². The van der Waals surface area contributed by atoms with Gasteiger partial charge in [-0.3, -0.25) is 9.69 Å². The molecule has 0 saturated carbocycles. The number of benzene rings is 3. The average molecular weight is 473 g/mol. The number of furan rings is 1. The van der Waals surface area contributed by atoms with Crippen LogP contribution in [0.25, 0.3) is 10.2 Å². The van der Waals surface area contributed by atoms with E-state index in [1.165, 1.54) is 11.3 Å². The molecule has 0 bridgehead atoms. The van der Waals surface area contributed by atoms with Gasteiger partial charge in [0.15, 0.2) is 5.13 Å². The van der Waals surface area contributed by atoms with Crippen molar-refractivity contribution in [1.82, 2.24) is 4.98 Å². The number of ether oxygens (including phenoxy) is 1. The van der Waals surface area contributed by atoms with Gasteiger partial charge in [-0.15, -0.1) is 11.8 Å². The lowest BCUT2D eigenvalue weighted by Gasteiger charge is -2.19. The number of nitrogens with zero attached hydrogens (tertiary/aromatic N) is 2. The van der Waals surface area contributed by atoms with Crippen LogP contribution in [0.1, 0.15) is 16.1 Å². The molecule has 0 N–H and O–H groups in total. The molecule has 7 heteroatoms. The van der Waals surface area contributed by atoms with Crippen LogP contribution in [0.4, 0.5) is 5.13 Å². The number of rotatable bonds is 7. The summed E-state index contributed by atoms with van der Waals surface area (Å²) in [4.78, 5) is 21.3. The SMILES string of the molecule is CSc1cccc2sc(N(Cc3ccco3)C(=O)c3cccc(Oc4ccccc4)c3)nc12. The van der Waals surface area contributed by atoms with Gasteiger partial charge >= 0.3 is 0 Å². The number of para-hydroxylation sites is 2. The van der Waals surface area contributed by atoms with Crippen molar-refractivity contribution >= 4 is 44.4 Å². The fraction of sp³-hybridized carbons (Fsp3) is 0.0769. The first kappa shape index (κ1) is 21.3. The van der Waals surface area contributed by atoms with E-state index in [1.807, 2.05) is 79.1 Å². The zero-order valence-corrected chi connectivity index (χ0v) is 19.4. The first-order chi connectivity index (χ1) is 16.2. The molecule has 164 valence electrons. The second kappa shape index (κ2) is 9.52. The highest BCUT2D eigenvalue weighted by molar-refractivity contribution is 7.98. The number of anilines is 1. The third kappa shape index (κ3) is 4.65. The Morgan fingerprint density at radius 1 is 1.00 bits per heavy atom. The predicted molar refractivity (Wildman–Crippen MR) is 134 cm³/mol. The van der Waals surface area contributed by atoms with Crippen LogP contribution in [-0.4, -0.2) is 17.1 Å². The van der Waals surface area contributed by atoms with Gasteiger partial charge in [-0.05, 0) is 60.9 Å². The highest BCUT2D eigenvalue weighted by Gasteiger charge is 2.24. The van der Waals surface area contributed by atoms with Crippen LogP contribution in [0.3, 0.4) is 0 Å². The minimum absolute atomic E-state index is 0.172. The van der Waals surface area contributed by atoms with E-state index in [1.54, 1.807) is 35.1 Å². The van der Waals surface area contributed by atoms with E-state index in [2.05, 4.69) is 0 Å². The van der Waals surface area contributed by atoms with Crippen LogP contribution in [-0.2, 0) is 6.54 Å². The summed E-state index contributed by atoms with van der Waals surface area (Å²) >= 11 is 3.14. The van der Waals surface area contributed by atoms with E-state index in [9.17, 15) is 4.79 Å². The molecular formula is C26H20N2O3S2. The van der Waals surface area contributed by atoms with E-state index >= 15 is 0 Å². The number of thioether (sulfide) groups is 1. The summed E-state index contributed by atoms with van der Waals surface area (Å²) in [5, 5.41) is 0.627. The Labute approximate surface area is 199 Å². The molecule has 0 unspecified atom stereocenters. The minimum atomic E-state index is -0.172. The second-order valence-corrected chi connectivity index (χ2v) is 9.07. The maximum Gasteiger partial charge on any atom is 0.260 e. The molecule has 33 heavy (non-hydrogen) atoms. The Kier molecular flexibility index (Phi) is 6.15. The maximum absolute atomic E-state index is 13.7. The quantitative estimate of drug-likeness (QED) is 0.234. The van der Waals surface area contributed by atoms with Gasteiger partial charge in [0.05, 0.1) is 23.0 Å². The van der Waals surface area contributed by atoms with Crippen molar-refractivity contribution < 1.29 is 13.9 Å². The van der Waals surface area contributed by atoms with Gasteiger partial charge in [-0.25, -0.2) is 4.98 Å². The van der Waals surface area contributed by atoms with Crippen molar-refractivity contribution in [2.24, 2.45) is 0 Å². The van der Waals surface area contributed by atoms with Gasteiger partial charge in [0.2, 0.25) is 0 Å². The molecule has 0 saturated heterocycles. The van der Waals surface area contributed by atoms with E-state index in [0.717, 1.165) is 15.1 Å². The topological polar surface area (TPSA) is 55.6 Å². The smallest absolute Gasteiger partial charge is 0.260 e. The van der Waals surface area contributed by atoms with Crippen LogP contribution in [0.5, 0.6) is 11.5 Å². The van der Waals surface area contributed by atoms with Crippen molar-refractivity contribution in [1.29, 1.82) is 0 Å². The van der Waals surface area contributed by atoms with Gasteiger partial charge in [-0.2, -0.15) is 0 Å². The standard InChI is InChI=1S/C26H20N2O3S2/c1-32-22-13-6-14-23-24(22)27-26(33-23)28(17-21-12-7-15-30-21)25(29)18-8-5-11-20(16-18)31-19-9-3-2-4-10-19/h2-16H,17H2,1H3. The number of carbonyl (C=O) groups excluding carboxylic acids is 1. The molecule has 0 radical (unpaired) electrons. The number of hydrogen-bond donors (Lipinski definition) is 0. The van der Waals surface area contributed by atoms with Gasteiger partial charge < -0.3 is 9.15 Å². The largest absolute Gasteiger partial charge is 0.467 e. The molecule has 0 aliphatic rings. The Balaban J connectivity index is 1.51. The molecule has 5 aromatic rings. The number of hydrogen-bond acceptors (Lipinski definition) is 6. The van der Waals surface area contributed by atoms with Crippen LogP contribution in [0, 0.1) is 0 Å². The third-order valence-electron chi connectivity index (χ3n) is 5.02. The Bertz CT molecular complexity index is 1380. The molecule has 0 spiro atoms. The molecule has 0 fully saturated rings. The first-order valence-corrected chi connectivity index (χ1v) is 12.4. The molecule has 2 heterocycles. The Morgan fingerprint density at radius 2 is 1.82 bits per heavy atom. The van der Waals surface area contributed by atoms with Crippen LogP contribution in [0.2, 0.25) is 0 Å². The number of fused-ring (bicyclic) bond motifs is 1. The summed E-state index contributed by atoms with van der Waals surface area (Å²) in [7, 11) is 0. The molecule has 5 rings (SSSR count). The summed E-state index contributed by atoms with van der Waals surface area (Å²) in [6.07, 6.45) is 3.63. The molecule has 5 nitrogen and oxygen atoms in total. The molecule has 1 amide bonds. The fourth-order valence-corrected chi connectivity index (χ4v) is 5.07. The molecule has 3 aromatic carbocycles. The fourth-order valence-electron chi connectivity index (χ4n) is 3.45. The van der Waals surface area contributed by atoms with Crippen LogP contribution in [0.15, 0.2) is 101 Å². The summed E-state index contributed by atoms with van der Waals surface area (Å²) in [5.41, 5.74) is 1.42. The van der Waals surface area contributed by atoms with Gasteiger partial charge in [-0.1, -0.05) is 41.7 Å². The lowest BCUT2D eigenvalue weighted by atomic mass is 10.2. The summed E-state index contributed by atoms with van der Waals surface area (Å²) in [5.74, 6) is 1.82. The van der Waals surface area contributed by atoms with Crippen molar-refractivity contribution in [3.8, 4) is 11.5 Å². The van der Waals surface area contributed by atoms with E-state index in [-0.39, 0.29) is 12.5 Å². The lowest BCUT2D eigenvalue weighted by Crippen LogP contribution is -2.30. The zero-order valence-electron chi connectivity index (χ0n) is 17.8. The van der Waals surface area contributed by atoms with E-state index < -0.39 is 0 Å². The second-order valence-electron chi connectivity index (χ2n) is 7.22. The Hall–Kier alpha value is -3.55. The highest BCUT2D eigenvalue weighted by atomic mass is 32.2. The average Bonchev–Trinajstić information content (AvgIpc) is 3.52. The highest BCUT2D eigenvalue weighted by Crippen LogP contribution is 2.35. The number of carbonyl (C=O) groups is 1. The summed E-state index contributed by atoms with van der Waals surface area (Å²) in [6, 6.07) is 26.5. The van der Waals surface area contributed by atoms with Gasteiger partial charge in [0.1, 0.15) is 17.3 Å². The van der Waals surface area contributed by atoms with Crippen molar-refractivity contribution in [2.75, 3.05) is 11.2 Å². The first-order valence-electron chi connectivity index (χ1n) is 10.3. The van der Waals surface area contributed by atoms with Crippen molar-refractivity contribution in [3.05, 3.63) is 103 Å². The number of thiazole rings is 1. The minimum Gasteiger partial charge on any atom is -0.467 e. The molecule has 0 atom stereocenters. The van der Waals surface area contributed by atoms with Crippen LogP contribution < -0.4 is 9.64 Å². The van der Waals surface area contributed by atoms with Crippen molar-refractivity contribution in [2.45, 2.75) is 11.4 Å². The monoisotopic (exact) mass is 472 g/mol. The maximum atomic E-state index is 13.7. The predicted octanol–water partition coefficient (Wildman–Crippen LogP) is 7.25. The Morgan fingerprint density at radius 3 is 2.61 bits per heavy atom. The zero-order chi connectivity index (χ0) is 22.6. The lowest BCUT2D eigenvalue weighted by molar-refractivity contribution is 0.0983. The summed E-state index contributed by atoms with van der Waals surface area (Å²) < 4.78 is 12.5. The normalized spacial score (nSPS) is 10.9. The summed E-state index contributed by atoms with van der Waals surface area (Å²) in [6.45, 7) is 0.282. The number of amides is 1. The van der Waals surface area contributed by atoms with Gasteiger partial charge in [0.25, 0.3) is 5.91 Å². The van der Waals surface area contributed by atoms with Gasteiger partial charge in [0, 0.05) is 10.5 Å². The third-order valence-corrected chi connectivity index (χ3v) is 6.83. The molecule has 0 aliphatic heterocycles. The molecule has 0 aliphatic carbocycles. The number of aromatic nitrogens is 1. The van der Waals surface area contributed by atoms with Crippen LogP contribution >= 0.6 is 23.1 Å². The van der Waals surface area contributed by atoms with E-state index in [4.69, 9.17) is 14.1 Å².